The molecule has 1 aliphatic rings. The van der Waals surface area contributed by atoms with Gasteiger partial charge < -0.3 is 15.5 Å². The van der Waals surface area contributed by atoms with Crippen molar-refractivity contribution in [3.05, 3.63) is 41.6 Å². The van der Waals surface area contributed by atoms with Gasteiger partial charge in [-0.15, -0.1) is 0 Å². The Hall–Kier alpha value is -3.58. The first-order valence-corrected chi connectivity index (χ1v) is 11.3. The fourth-order valence-corrected chi connectivity index (χ4v) is 3.35. The molecule has 7 nitrogen and oxygen atoms in total. The van der Waals surface area contributed by atoms with E-state index in [-0.39, 0.29) is 11.8 Å². The lowest BCUT2D eigenvalue weighted by Gasteiger charge is -2.18. The van der Waals surface area contributed by atoms with Gasteiger partial charge in [0.1, 0.15) is 5.82 Å². The lowest BCUT2D eigenvalue weighted by atomic mass is 10.1. The van der Waals surface area contributed by atoms with E-state index in [9.17, 15) is 4.79 Å². The van der Waals surface area contributed by atoms with E-state index in [1.165, 1.54) is 0 Å². The van der Waals surface area contributed by atoms with Crippen LogP contribution in [0.2, 0.25) is 0 Å². The summed E-state index contributed by atoms with van der Waals surface area (Å²) in [6.45, 7) is 6.52. The van der Waals surface area contributed by atoms with Gasteiger partial charge in [-0.05, 0) is 49.9 Å². The molecule has 1 saturated heterocycles. The second-order valence-electron chi connectivity index (χ2n) is 7.94. The van der Waals surface area contributed by atoms with Crippen LogP contribution in [0.5, 0.6) is 0 Å². The molecule has 0 bridgehead atoms. The van der Waals surface area contributed by atoms with Crippen molar-refractivity contribution in [3.8, 4) is 17.9 Å². The lowest BCUT2D eigenvalue weighted by molar-refractivity contribution is -0.124. The Morgan fingerprint density at radius 1 is 1.25 bits per heavy atom. The van der Waals surface area contributed by atoms with Gasteiger partial charge in [-0.2, -0.15) is 10.2 Å². The first-order valence-electron chi connectivity index (χ1n) is 11.3. The Bertz CT molecular complexity index is 1010. The average molecular weight is 431 g/mol. The highest BCUT2D eigenvalue weighted by molar-refractivity contribution is 5.78. The zero-order valence-electron chi connectivity index (χ0n) is 18.8. The standard InChI is InChI=1S/C25H30N6O/c1-3-19(2)24(32)27-14-6-4-5-9-21-18-28-25(30-23(21)31-15-7-8-16-31)29-22-12-10-20(17-26)11-13-22/h10-13,18-19H,3-4,6-8,14-16H2,1-2H3,(H,27,32)(H,28,29,30)/t19-/m1/s1. The maximum Gasteiger partial charge on any atom is 0.229 e. The van der Waals surface area contributed by atoms with E-state index in [2.05, 4.69) is 38.4 Å². The lowest BCUT2D eigenvalue weighted by Crippen LogP contribution is -2.29. The summed E-state index contributed by atoms with van der Waals surface area (Å²) in [5, 5.41) is 15.1. The van der Waals surface area contributed by atoms with E-state index >= 15 is 0 Å². The first-order chi connectivity index (χ1) is 15.6. The van der Waals surface area contributed by atoms with Gasteiger partial charge in [0, 0.05) is 37.7 Å². The maximum absolute atomic E-state index is 11.8. The van der Waals surface area contributed by atoms with E-state index in [0.717, 1.165) is 55.8 Å². The Morgan fingerprint density at radius 3 is 2.69 bits per heavy atom. The highest BCUT2D eigenvalue weighted by Gasteiger charge is 2.18. The number of aromatic nitrogens is 2. The van der Waals surface area contributed by atoms with Gasteiger partial charge in [0.05, 0.1) is 23.4 Å². The minimum atomic E-state index is 0.0534. The van der Waals surface area contributed by atoms with Crippen molar-refractivity contribution in [2.75, 3.05) is 29.9 Å². The molecule has 7 heteroatoms. The highest BCUT2D eigenvalue weighted by atomic mass is 16.1. The molecule has 1 aromatic heterocycles. The highest BCUT2D eigenvalue weighted by Crippen LogP contribution is 2.24. The molecule has 1 atom stereocenters. The SMILES string of the molecule is CC[C@@H](C)C(=O)NCCCC#Cc1cnc(Nc2ccc(C#N)cc2)nc1N1CCCC1. The number of nitrogens with one attached hydrogen (secondary N) is 2. The monoisotopic (exact) mass is 430 g/mol. The van der Waals surface area contributed by atoms with Crippen LogP contribution < -0.4 is 15.5 Å². The quantitative estimate of drug-likeness (QED) is 0.486. The van der Waals surface area contributed by atoms with Gasteiger partial charge in [0.2, 0.25) is 11.9 Å². The van der Waals surface area contributed by atoms with Crippen LogP contribution in [0, 0.1) is 29.1 Å². The second kappa shape index (κ2) is 11.7. The van der Waals surface area contributed by atoms with Crippen LogP contribution in [0.4, 0.5) is 17.5 Å². The van der Waals surface area contributed by atoms with Crippen molar-refractivity contribution in [2.45, 2.75) is 46.0 Å². The molecule has 1 amide bonds. The molecule has 1 fully saturated rings. The number of hydrogen-bond acceptors (Lipinski definition) is 6. The number of nitriles is 1. The van der Waals surface area contributed by atoms with Crippen molar-refractivity contribution < 1.29 is 4.79 Å². The minimum Gasteiger partial charge on any atom is -0.356 e. The Morgan fingerprint density at radius 2 is 2.00 bits per heavy atom. The summed E-state index contributed by atoms with van der Waals surface area (Å²) in [5.74, 6) is 7.95. The number of amides is 1. The van der Waals surface area contributed by atoms with E-state index in [1.807, 2.05) is 26.0 Å². The number of nitrogens with zero attached hydrogens (tertiary/aromatic N) is 4. The summed E-state index contributed by atoms with van der Waals surface area (Å²) < 4.78 is 0. The predicted octanol–water partition coefficient (Wildman–Crippen LogP) is 3.99. The molecular formula is C25H30N6O. The minimum absolute atomic E-state index is 0.0534. The molecule has 3 rings (SSSR count). The number of rotatable bonds is 8. The molecule has 0 aliphatic carbocycles. The molecule has 32 heavy (non-hydrogen) atoms. The third-order valence-electron chi connectivity index (χ3n) is 5.51. The van der Waals surface area contributed by atoms with Crippen LogP contribution in [0.25, 0.3) is 0 Å². The molecule has 2 aromatic rings. The Balaban J connectivity index is 1.64. The zero-order valence-corrected chi connectivity index (χ0v) is 18.8. The largest absolute Gasteiger partial charge is 0.356 e. The van der Waals surface area contributed by atoms with E-state index in [4.69, 9.17) is 10.2 Å². The number of anilines is 3. The Kier molecular flexibility index (Phi) is 8.45. The van der Waals surface area contributed by atoms with Crippen molar-refractivity contribution in [2.24, 2.45) is 5.92 Å². The maximum atomic E-state index is 11.8. The molecule has 0 radical (unpaired) electrons. The number of unbranched alkanes of at least 4 members (excludes halogenated alkanes) is 1. The van der Waals surface area contributed by atoms with Crippen LogP contribution in [0.1, 0.15) is 57.1 Å². The van der Waals surface area contributed by atoms with Gasteiger partial charge in [0.25, 0.3) is 0 Å². The third-order valence-corrected chi connectivity index (χ3v) is 5.51. The third kappa shape index (κ3) is 6.46. The van der Waals surface area contributed by atoms with Crippen LogP contribution >= 0.6 is 0 Å². The topological polar surface area (TPSA) is 93.9 Å². The van der Waals surface area contributed by atoms with Crippen LogP contribution in [0.3, 0.4) is 0 Å². The van der Waals surface area contributed by atoms with E-state index in [0.29, 0.717) is 24.5 Å². The molecule has 2 heterocycles. The fraction of sp³-hybridized carbons (Fsp3) is 0.440. The summed E-state index contributed by atoms with van der Waals surface area (Å²) in [6.07, 6.45) is 6.42. The summed E-state index contributed by atoms with van der Waals surface area (Å²) in [4.78, 5) is 23.3. The molecule has 2 N–H and O–H groups in total. The summed E-state index contributed by atoms with van der Waals surface area (Å²) >= 11 is 0. The zero-order chi connectivity index (χ0) is 22.8. The van der Waals surface area contributed by atoms with E-state index in [1.54, 1.807) is 18.3 Å². The molecule has 0 unspecified atom stereocenters. The van der Waals surface area contributed by atoms with Crippen LogP contribution in [-0.2, 0) is 4.79 Å². The number of carbonyl (C=O) groups excluding carboxylic acids is 1. The van der Waals surface area contributed by atoms with E-state index < -0.39 is 0 Å². The average Bonchev–Trinajstić information content (AvgIpc) is 3.36. The van der Waals surface area contributed by atoms with Gasteiger partial charge in [-0.25, -0.2) is 4.98 Å². The molecule has 1 aliphatic heterocycles. The summed E-state index contributed by atoms with van der Waals surface area (Å²) in [7, 11) is 0. The van der Waals surface area contributed by atoms with Crippen LogP contribution in [0.15, 0.2) is 30.5 Å². The molecule has 1 aromatic carbocycles. The van der Waals surface area contributed by atoms with Gasteiger partial charge in [0.15, 0.2) is 0 Å². The van der Waals surface area contributed by atoms with Crippen molar-refractivity contribution in [1.29, 1.82) is 5.26 Å². The molecular weight excluding hydrogens is 400 g/mol. The van der Waals surface area contributed by atoms with Crippen molar-refractivity contribution in [1.82, 2.24) is 15.3 Å². The molecule has 166 valence electrons. The van der Waals surface area contributed by atoms with Crippen molar-refractivity contribution in [3.63, 3.8) is 0 Å². The van der Waals surface area contributed by atoms with Crippen molar-refractivity contribution >= 4 is 23.4 Å². The number of carbonyl (C=O) groups is 1. The predicted molar refractivity (Wildman–Crippen MR) is 126 cm³/mol. The number of hydrogen-bond donors (Lipinski definition) is 2. The first kappa shape index (κ1) is 23.1. The van der Waals surface area contributed by atoms with Gasteiger partial charge in [-0.3, -0.25) is 4.79 Å². The summed E-state index contributed by atoms with van der Waals surface area (Å²) in [6, 6.07) is 9.31. The van der Waals surface area contributed by atoms with Gasteiger partial charge in [-0.1, -0.05) is 25.7 Å². The summed E-state index contributed by atoms with van der Waals surface area (Å²) in [5.41, 5.74) is 2.26. The van der Waals surface area contributed by atoms with Gasteiger partial charge >= 0.3 is 0 Å². The molecule has 0 saturated carbocycles. The van der Waals surface area contributed by atoms with Crippen LogP contribution in [-0.4, -0.2) is 35.5 Å². The second-order valence-corrected chi connectivity index (χ2v) is 7.94. The Labute approximate surface area is 190 Å². The fourth-order valence-electron chi connectivity index (χ4n) is 3.35. The normalized spacial score (nSPS) is 13.6. The molecule has 0 spiro atoms. The number of benzene rings is 1. The smallest absolute Gasteiger partial charge is 0.229 e.